The van der Waals surface area contributed by atoms with E-state index < -0.39 is 12.1 Å². The molecule has 0 spiro atoms. The van der Waals surface area contributed by atoms with Crippen LogP contribution in [0.3, 0.4) is 0 Å². The van der Waals surface area contributed by atoms with Gasteiger partial charge in [-0.05, 0) is 51.4 Å². The highest BCUT2D eigenvalue weighted by atomic mass is 16.5. The molecule has 0 aromatic carbocycles. The van der Waals surface area contributed by atoms with Gasteiger partial charge in [-0.25, -0.2) is 0 Å². The number of nitrogens with one attached hydrogen (secondary N) is 1. The number of ether oxygens (including phenoxy) is 1. The highest BCUT2D eigenvalue weighted by Gasteiger charge is 2.20. The number of carbonyl (C=O) groups excluding carboxylic acids is 2. The van der Waals surface area contributed by atoms with Crippen molar-refractivity contribution in [2.75, 3.05) is 13.2 Å². The van der Waals surface area contributed by atoms with Crippen LogP contribution in [0.4, 0.5) is 0 Å². The summed E-state index contributed by atoms with van der Waals surface area (Å²) in [5, 5.41) is 23.3. The minimum atomic E-state index is -0.674. The zero-order valence-electron chi connectivity index (χ0n) is 41.2. The topological polar surface area (TPSA) is 95.9 Å². The summed E-state index contributed by atoms with van der Waals surface area (Å²) in [5.74, 6) is -0.0526. The predicted octanol–water partition coefficient (Wildman–Crippen LogP) is 16.5. The van der Waals surface area contributed by atoms with Gasteiger partial charge >= 0.3 is 5.97 Å². The maximum absolute atomic E-state index is 12.5. The predicted molar refractivity (Wildman–Crippen MR) is 264 cm³/mol. The minimum Gasteiger partial charge on any atom is -0.466 e. The number of amides is 1. The normalized spacial score (nSPS) is 12.7. The molecule has 0 aromatic rings. The first-order chi connectivity index (χ1) is 30.0. The molecule has 0 aliphatic carbocycles. The fourth-order valence-corrected chi connectivity index (χ4v) is 8.58. The Labute approximate surface area is 380 Å². The van der Waals surface area contributed by atoms with Gasteiger partial charge in [0.1, 0.15) is 0 Å². The van der Waals surface area contributed by atoms with Crippen LogP contribution in [0.1, 0.15) is 303 Å². The van der Waals surface area contributed by atoms with E-state index in [1.807, 2.05) is 0 Å². The van der Waals surface area contributed by atoms with Crippen molar-refractivity contribution in [1.82, 2.24) is 5.32 Å². The lowest BCUT2D eigenvalue weighted by atomic mass is 10.0. The molecule has 0 aromatic heterocycles. The van der Waals surface area contributed by atoms with Gasteiger partial charge in [0, 0.05) is 12.8 Å². The molecule has 1 amide bonds. The zero-order valence-corrected chi connectivity index (χ0v) is 41.2. The van der Waals surface area contributed by atoms with Gasteiger partial charge in [-0.3, -0.25) is 9.59 Å². The van der Waals surface area contributed by atoms with Crippen LogP contribution in [0.25, 0.3) is 0 Å². The summed E-state index contributed by atoms with van der Waals surface area (Å²) in [7, 11) is 0. The van der Waals surface area contributed by atoms with Crippen molar-refractivity contribution < 1.29 is 24.5 Å². The van der Waals surface area contributed by atoms with E-state index in [2.05, 4.69) is 31.3 Å². The third kappa shape index (κ3) is 47.9. The Bertz CT molecular complexity index is 909. The van der Waals surface area contributed by atoms with Crippen LogP contribution in [0.15, 0.2) is 12.2 Å². The second-order valence-corrected chi connectivity index (χ2v) is 18.9. The van der Waals surface area contributed by atoms with Crippen LogP contribution in [-0.4, -0.2) is 47.4 Å². The molecule has 2 atom stereocenters. The Hall–Kier alpha value is -1.40. The van der Waals surface area contributed by atoms with Crippen LogP contribution >= 0.6 is 0 Å². The first kappa shape index (κ1) is 59.6. The zero-order chi connectivity index (χ0) is 44.4. The Morgan fingerprint density at radius 2 is 0.770 bits per heavy atom. The van der Waals surface area contributed by atoms with Gasteiger partial charge in [-0.2, -0.15) is 0 Å². The van der Waals surface area contributed by atoms with Crippen molar-refractivity contribution in [3.05, 3.63) is 12.2 Å². The van der Waals surface area contributed by atoms with Crippen molar-refractivity contribution in [1.29, 1.82) is 0 Å². The lowest BCUT2D eigenvalue weighted by Crippen LogP contribution is -2.45. The third-order valence-electron chi connectivity index (χ3n) is 12.8. The monoisotopic (exact) mass is 862 g/mol. The molecule has 3 N–H and O–H groups in total. The molecule has 0 aliphatic rings. The number of hydrogen-bond donors (Lipinski definition) is 3. The van der Waals surface area contributed by atoms with Gasteiger partial charge < -0.3 is 20.3 Å². The van der Waals surface area contributed by atoms with E-state index in [-0.39, 0.29) is 18.5 Å². The van der Waals surface area contributed by atoms with Crippen molar-refractivity contribution >= 4 is 11.9 Å². The number of rotatable bonds is 51. The second kappa shape index (κ2) is 51.2. The molecule has 0 saturated heterocycles. The average molecular weight is 862 g/mol. The fourth-order valence-electron chi connectivity index (χ4n) is 8.58. The minimum absolute atomic E-state index is 0.00270. The molecule has 0 fully saturated rings. The molecule has 0 saturated carbocycles. The maximum atomic E-state index is 12.5. The van der Waals surface area contributed by atoms with Gasteiger partial charge in [0.15, 0.2) is 0 Å². The van der Waals surface area contributed by atoms with E-state index >= 15 is 0 Å². The van der Waals surface area contributed by atoms with E-state index in [0.29, 0.717) is 25.9 Å². The first-order valence-electron chi connectivity index (χ1n) is 27.4. The molecule has 61 heavy (non-hydrogen) atoms. The highest BCUT2D eigenvalue weighted by molar-refractivity contribution is 5.76. The Balaban J connectivity index is 3.47. The summed E-state index contributed by atoms with van der Waals surface area (Å²) in [6.07, 6.45) is 59.0. The summed E-state index contributed by atoms with van der Waals surface area (Å²) >= 11 is 0. The Kier molecular flexibility index (Phi) is 50.1. The van der Waals surface area contributed by atoms with E-state index in [1.54, 1.807) is 0 Å². The third-order valence-corrected chi connectivity index (χ3v) is 12.8. The molecule has 2 unspecified atom stereocenters. The van der Waals surface area contributed by atoms with Crippen LogP contribution in [0.2, 0.25) is 0 Å². The smallest absolute Gasteiger partial charge is 0.305 e. The fraction of sp³-hybridized carbons (Fsp3) is 0.927. The van der Waals surface area contributed by atoms with E-state index in [1.165, 1.54) is 205 Å². The molecule has 6 nitrogen and oxygen atoms in total. The summed E-state index contributed by atoms with van der Waals surface area (Å²) in [4.78, 5) is 24.4. The van der Waals surface area contributed by atoms with Crippen molar-refractivity contribution in [2.45, 2.75) is 315 Å². The first-order valence-corrected chi connectivity index (χ1v) is 27.4. The average Bonchev–Trinajstić information content (AvgIpc) is 3.26. The van der Waals surface area contributed by atoms with Crippen LogP contribution in [0.5, 0.6) is 0 Å². The number of carbonyl (C=O) groups is 2. The number of unbranched alkanes of at least 4 members (excludes halogenated alkanes) is 38. The van der Waals surface area contributed by atoms with Crippen molar-refractivity contribution in [2.24, 2.45) is 0 Å². The largest absolute Gasteiger partial charge is 0.466 e. The van der Waals surface area contributed by atoms with Crippen LogP contribution in [-0.2, 0) is 14.3 Å². The Morgan fingerprint density at radius 3 is 1.16 bits per heavy atom. The molecule has 0 heterocycles. The summed E-state index contributed by atoms with van der Waals surface area (Å²) in [6.45, 7) is 4.94. The highest BCUT2D eigenvalue weighted by Crippen LogP contribution is 2.17. The van der Waals surface area contributed by atoms with E-state index in [4.69, 9.17) is 4.74 Å². The molecule has 362 valence electrons. The molecule has 0 bridgehead atoms. The molecule has 6 heteroatoms. The van der Waals surface area contributed by atoms with Crippen LogP contribution < -0.4 is 5.32 Å². The van der Waals surface area contributed by atoms with Gasteiger partial charge in [0.25, 0.3) is 0 Å². The molecular formula is C55H107NO5. The molecule has 0 rings (SSSR count). The summed E-state index contributed by atoms with van der Waals surface area (Å²) < 4.78 is 5.45. The van der Waals surface area contributed by atoms with E-state index in [9.17, 15) is 19.8 Å². The van der Waals surface area contributed by atoms with Gasteiger partial charge in [-0.15, -0.1) is 0 Å². The summed E-state index contributed by atoms with van der Waals surface area (Å²) in [6, 6.07) is -0.552. The Morgan fingerprint density at radius 1 is 0.443 bits per heavy atom. The SMILES string of the molecule is CCCCCCCCCCCCCCCCCCCC(O)C(CO)NC(=O)CCCCCCC/C=C\CCCCCCCCCOC(=O)CCCCCCCCCCCCC. The quantitative estimate of drug-likeness (QED) is 0.0322. The van der Waals surface area contributed by atoms with Crippen molar-refractivity contribution in [3.8, 4) is 0 Å². The number of hydrogen-bond acceptors (Lipinski definition) is 5. The second-order valence-electron chi connectivity index (χ2n) is 18.9. The number of aliphatic hydroxyl groups is 2. The summed E-state index contributed by atoms with van der Waals surface area (Å²) in [5.41, 5.74) is 0. The number of aliphatic hydroxyl groups excluding tert-OH is 2. The number of allylic oxidation sites excluding steroid dienone is 2. The van der Waals surface area contributed by atoms with Crippen molar-refractivity contribution in [3.63, 3.8) is 0 Å². The number of esters is 1. The molecule has 0 radical (unpaired) electrons. The van der Waals surface area contributed by atoms with Gasteiger partial charge in [0.2, 0.25) is 5.91 Å². The van der Waals surface area contributed by atoms with Crippen LogP contribution in [0, 0.1) is 0 Å². The molecular weight excluding hydrogens is 755 g/mol. The van der Waals surface area contributed by atoms with E-state index in [0.717, 1.165) is 64.2 Å². The molecule has 0 aliphatic heterocycles. The van der Waals surface area contributed by atoms with Gasteiger partial charge in [-0.1, -0.05) is 251 Å². The lowest BCUT2D eigenvalue weighted by Gasteiger charge is -2.22. The van der Waals surface area contributed by atoms with Gasteiger partial charge in [0.05, 0.1) is 25.4 Å². The maximum Gasteiger partial charge on any atom is 0.305 e. The standard InChI is InChI=1S/C55H107NO5/c1-3-5-7-9-11-13-15-16-17-18-21-24-28-31-35-39-43-47-53(58)52(51-57)56-54(59)48-44-40-36-32-29-25-22-19-20-23-26-30-34-38-42-46-50-61-55(60)49-45-41-37-33-27-14-12-10-8-6-4-2/h19,22,52-53,57-58H,3-18,20-21,23-51H2,1-2H3,(H,56,59)/b22-19-. The lowest BCUT2D eigenvalue weighted by molar-refractivity contribution is -0.143.